The maximum atomic E-state index is 15.2. The summed E-state index contributed by atoms with van der Waals surface area (Å²) in [7, 11) is 1.48. The molecule has 4 aliphatic rings. The second kappa shape index (κ2) is 14.7. The van der Waals surface area contributed by atoms with Crippen molar-refractivity contribution < 1.29 is 32.6 Å². The van der Waals surface area contributed by atoms with E-state index in [1.807, 2.05) is 6.92 Å². The Morgan fingerprint density at radius 1 is 1.12 bits per heavy atom. The van der Waals surface area contributed by atoms with Gasteiger partial charge < -0.3 is 24.7 Å². The Kier molecular flexibility index (Phi) is 10.6. The van der Waals surface area contributed by atoms with Crippen molar-refractivity contribution in [1.29, 1.82) is 0 Å². The van der Waals surface area contributed by atoms with E-state index < -0.39 is 41.8 Å². The van der Waals surface area contributed by atoms with Gasteiger partial charge in [-0.25, -0.2) is 9.78 Å². The molecule has 0 spiro atoms. The van der Waals surface area contributed by atoms with E-state index in [0.717, 1.165) is 44.9 Å². The molecule has 1 aliphatic heterocycles. The van der Waals surface area contributed by atoms with Crippen molar-refractivity contribution in [2.45, 2.75) is 121 Å². The summed E-state index contributed by atoms with van der Waals surface area (Å²) >= 11 is 0. The minimum atomic E-state index is -3.40. The first kappa shape index (κ1) is 35.3. The van der Waals surface area contributed by atoms with Crippen LogP contribution in [0.5, 0.6) is 5.75 Å². The minimum Gasteiger partial charge on any atom is -0.497 e. The lowest BCUT2D eigenvalue weighted by Crippen LogP contribution is -2.53. The highest BCUT2D eigenvalue weighted by Crippen LogP contribution is 2.57. The smallest absolute Gasteiger partial charge is 0.408 e. The van der Waals surface area contributed by atoms with Crippen LogP contribution in [0.3, 0.4) is 0 Å². The number of benzene rings is 1. The molecule has 1 saturated heterocycles. The number of H-pyrrole nitrogens is 1. The number of Topliss-reactive ketones (excluding diaryl/α,β-unsaturated/α-hetero) is 1. The number of nitrogens with zero attached hydrogens (tertiary/aromatic N) is 2. The molecule has 49 heavy (non-hydrogen) atoms. The van der Waals surface area contributed by atoms with Gasteiger partial charge in [0.15, 0.2) is 11.5 Å². The van der Waals surface area contributed by atoms with Crippen molar-refractivity contribution in [1.82, 2.24) is 20.2 Å². The highest BCUT2D eigenvalue weighted by Gasteiger charge is 2.54. The fraction of sp³-hybridized carbons (Fsp3) is 0.703. The highest BCUT2D eigenvalue weighted by molar-refractivity contribution is 5.92. The molecule has 2 heterocycles. The van der Waals surface area contributed by atoms with E-state index in [0.29, 0.717) is 54.8 Å². The first-order valence-corrected chi connectivity index (χ1v) is 18.2. The van der Waals surface area contributed by atoms with Gasteiger partial charge in [-0.05, 0) is 87.2 Å². The van der Waals surface area contributed by atoms with E-state index >= 15 is 8.78 Å². The third-order valence-corrected chi connectivity index (χ3v) is 11.6. The van der Waals surface area contributed by atoms with Crippen molar-refractivity contribution >= 4 is 28.8 Å². The Balaban J connectivity index is 1.05. The van der Waals surface area contributed by atoms with E-state index in [4.69, 9.17) is 9.47 Å². The Morgan fingerprint density at radius 3 is 2.63 bits per heavy atom. The Labute approximate surface area is 286 Å². The number of ketones is 1. The molecule has 0 radical (unpaired) electrons. The first-order valence-electron chi connectivity index (χ1n) is 18.2. The SMILES string of the molecule is COc1ccc2nc(C(F)(F)CCCC[C@H]3C(OC(=O)NC(CC4CCCCC4)C(=O)N4CC[C@@H](C)[C@H]4C(C)=O)CC4CC43)c(=O)[nH]c2c1. The van der Waals surface area contributed by atoms with Crippen LogP contribution in [-0.4, -0.2) is 64.5 Å². The van der Waals surface area contributed by atoms with Gasteiger partial charge in [-0.15, -0.1) is 0 Å². The fourth-order valence-corrected chi connectivity index (χ4v) is 8.94. The van der Waals surface area contributed by atoms with Crippen LogP contribution in [-0.2, 0) is 20.2 Å². The van der Waals surface area contributed by atoms with Crippen LogP contribution < -0.4 is 15.6 Å². The Bertz CT molecular complexity index is 1590. The number of carbonyl (C=O) groups excluding carboxylic acids is 3. The maximum Gasteiger partial charge on any atom is 0.408 e. The number of alkyl halides is 2. The molecule has 10 nitrogen and oxygen atoms in total. The number of aromatic amines is 1. The third-order valence-electron chi connectivity index (χ3n) is 11.6. The molecule has 0 bridgehead atoms. The van der Waals surface area contributed by atoms with Crippen LogP contribution in [0, 0.1) is 29.6 Å². The summed E-state index contributed by atoms with van der Waals surface area (Å²) in [5, 5.41) is 2.91. The Morgan fingerprint density at radius 2 is 1.90 bits per heavy atom. The summed E-state index contributed by atoms with van der Waals surface area (Å²) in [5.41, 5.74) is -1.12. The third kappa shape index (κ3) is 7.93. The highest BCUT2D eigenvalue weighted by atomic mass is 19.3. The quantitative estimate of drug-likeness (QED) is 0.231. The maximum absolute atomic E-state index is 15.2. The zero-order valence-corrected chi connectivity index (χ0v) is 28.9. The van der Waals surface area contributed by atoms with Crippen LogP contribution in [0.4, 0.5) is 13.6 Å². The van der Waals surface area contributed by atoms with E-state index in [1.165, 1.54) is 26.5 Å². The van der Waals surface area contributed by atoms with E-state index in [1.54, 1.807) is 17.0 Å². The van der Waals surface area contributed by atoms with E-state index in [-0.39, 0.29) is 41.6 Å². The molecule has 4 unspecified atom stereocenters. The van der Waals surface area contributed by atoms with E-state index in [2.05, 4.69) is 15.3 Å². The molecule has 2 amide bonds. The zero-order chi connectivity index (χ0) is 34.9. The van der Waals surface area contributed by atoms with Gasteiger partial charge in [-0.1, -0.05) is 45.4 Å². The number of fused-ring (bicyclic) bond motifs is 2. The number of hydrogen-bond acceptors (Lipinski definition) is 7. The summed E-state index contributed by atoms with van der Waals surface area (Å²) in [5.74, 6) is -1.83. The van der Waals surface area contributed by atoms with Gasteiger partial charge in [0.2, 0.25) is 5.91 Å². The van der Waals surface area contributed by atoms with E-state index in [9.17, 15) is 19.2 Å². The minimum absolute atomic E-state index is 0.0375. The number of aromatic nitrogens is 2. The lowest BCUT2D eigenvalue weighted by atomic mass is 9.84. The van der Waals surface area contributed by atoms with Gasteiger partial charge in [0.05, 0.1) is 24.2 Å². The van der Waals surface area contributed by atoms with Crippen LogP contribution in [0.15, 0.2) is 23.0 Å². The molecule has 2 aromatic rings. The average Bonchev–Trinajstić information content (AvgIpc) is 3.59. The van der Waals surface area contributed by atoms with Gasteiger partial charge in [-0.3, -0.25) is 14.4 Å². The zero-order valence-electron chi connectivity index (χ0n) is 28.9. The van der Waals surface area contributed by atoms with Gasteiger partial charge in [0.1, 0.15) is 17.9 Å². The average molecular weight is 685 g/mol. The largest absolute Gasteiger partial charge is 0.497 e. The number of rotatable bonds is 13. The first-order chi connectivity index (χ1) is 23.4. The predicted molar refractivity (Wildman–Crippen MR) is 179 cm³/mol. The molecule has 268 valence electrons. The van der Waals surface area contributed by atoms with Crippen molar-refractivity contribution in [2.75, 3.05) is 13.7 Å². The molecule has 1 aromatic carbocycles. The molecule has 6 rings (SSSR count). The molecule has 2 N–H and O–H groups in total. The molecule has 12 heteroatoms. The van der Waals surface area contributed by atoms with Crippen LogP contribution in [0.25, 0.3) is 11.0 Å². The lowest BCUT2D eigenvalue weighted by molar-refractivity contribution is -0.139. The Hall–Kier alpha value is -3.57. The van der Waals surface area contributed by atoms with Crippen molar-refractivity contribution in [2.24, 2.45) is 29.6 Å². The standard InChI is InChI=1S/C37H50F2N4O6/c1-21-14-16-43(32(21)22(2)44)35(46)30(17-23-9-5-4-6-10-23)42-36(47)49-31-19-24-18-27(24)26(31)11-7-8-15-37(38,39)33-34(45)41-29-20-25(48-3)12-13-28(29)40-33/h12-13,20-21,23-24,26-27,30-32H,4-11,14-19H2,1-3H3,(H,41,45)(H,42,47)/t21-,24?,26-,27?,30?,31?,32+/m1/s1. The molecule has 3 saturated carbocycles. The summed E-state index contributed by atoms with van der Waals surface area (Å²) in [6.45, 7) is 4.01. The molecule has 3 aliphatic carbocycles. The second-order valence-electron chi connectivity index (χ2n) is 15.0. The lowest BCUT2D eigenvalue weighted by Gasteiger charge is -2.32. The number of halogens is 2. The normalized spacial score (nSPS) is 27.5. The number of amides is 2. The summed E-state index contributed by atoms with van der Waals surface area (Å²) < 4.78 is 41.6. The molecule has 4 fully saturated rings. The second-order valence-corrected chi connectivity index (χ2v) is 15.0. The van der Waals surface area contributed by atoms with Gasteiger partial charge in [0.25, 0.3) is 11.5 Å². The van der Waals surface area contributed by atoms with Crippen molar-refractivity contribution in [3.8, 4) is 5.75 Å². The van der Waals surface area contributed by atoms with Crippen molar-refractivity contribution in [3.63, 3.8) is 0 Å². The molecular formula is C37H50F2N4O6. The molecule has 7 atom stereocenters. The number of ether oxygens (including phenoxy) is 2. The van der Waals surface area contributed by atoms with Gasteiger partial charge in [0, 0.05) is 19.0 Å². The molecular weight excluding hydrogens is 634 g/mol. The summed E-state index contributed by atoms with van der Waals surface area (Å²) in [6, 6.07) is 3.46. The number of methoxy groups -OCH3 is 1. The summed E-state index contributed by atoms with van der Waals surface area (Å²) in [4.78, 5) is 60.4. The number of unbranched alkanes of at least 4 members (excludes halogenated alkanes) is 1. The van der Waals surface area contributed by atoms with Gasteiger partial charge >= 0.3 is 6.09 Å². The van der Waals surface area contributed by atoms with Gasteiger partial charge in [-0.2, -0.15) is 8.78 Å². The number of hydrogen-bond donors (Lipinski definition) is 2. The molecule has 1 aromatic heterocycles. The number of alkyl carbamates (subject to hydrolysis) is 1. The number of nitrogens with one attached hydrogen (secondary N) is 2. The van der Waals surface area contributed by atoms with Crippen LogP contribution in [0.1, 0.15) is 103 Å². The number of carbonyl (C=O) groups is 3. The monoisotopic (exact) mass is 684 g/mol. The van der Waals surface area contributed by atoms with Crippen LogP contribution >= 0.6 is 0 Å². The van der Waals surface area contributed by atoms with Crippen LogP contribution in [0.2, 0.25) is 0 Å². The number of likely N-dealkylation sites (tertiary alicyclic amines) is 1. The fourth-order valence-electron chi connectivity index (χ4n) is 8.94. The van der Waals surface area contributed by atoms with Crippen molar-refractivity contribution in [3.05, 3.63) is 34.2 Å². The summed E-state index contributed by atoms with van der Waals surface area (Å²) in [6.07, 6.45) is 8.32. The predicted octanol–water partition coefficient (Wildman–Crippen LogP) is 6.50. The topological polar surface area (TPSA) is 131 Å².